The lowest BCUT2D eigenvalue weighted by Crippen LogP contribution is -2.03. The number of anilines is 4. The summed E-state index contributed by atoms with van der Waals surface area (Å²) in [5, 5.41) is 7.35. The average Bonchev–Trinajstić information content (AvgIpc) is 2.66. The van der Waals surface area contributed by atoms with Gasteiger partial charge in [0, 0.05) is 11.4 Å². The lowest BCUT2D eigenvalue weighted by Gasteiger charge is -2.20. The van der Waals surface area contributed by atoms with Crippen LogP contribution in [0.4, 0.5) is 22.7 Å². The summed E-state index contributed by atoms with van der Waals surface area (Å²) in [7, 11) is 0. The minimum Gasteiger partial charge on any atom is -0.353 e. The fourth-order valence-corrected chi connectivity index (χ4v) is 3.37. The van der Waals surface area contributed by atoms with Crippen molar-refractivity contribution in [3.05, 3.63) is 82.9 Å². The van der Waals surface area contributed by atoms with Crippen molar-refractivity contribution in [1.29, 1.82) is 0 Å². The quantitative estimate of drug-likeness (QED) is 0.507. The standard InChI is InChI=1S/C24H28N2/c1-5-19-13-9-11-17(3)23(19)25-21-15-7-8-16-22(21)26-24-18(4)12-10-14-20(24)6-2/h7-16,25-26H,5-6H2,1-4H3. The second kappa shape index (κ2) is 8.09. The lowest BCUT2D eigenvalue weighted by atomic mass is 10.0. The van der Waals surface area contributed by atoms with Crippen LogP contribution in [0.2, 0.25) is 0 Å². The van der Waals surface area contributed by atoms with E-state index in [4.69, 9.17) is 0 Å². The van der Waals surface area contributed by atoms with Crippen molar-refractivity contribution in [3.8, 4) is 0 Å². The number of nitrogens with one attached hydrogen (secondary N) is 2. The molecule has 0 amide bonds. The Morgan fingerprint density at radius 1 is 0.577 bits per heavy atom. The summed E-state index contributed by atoms with van der Waals surface area (Å²) in [6.45, 7) is 8.72. The fourth-order valence-electron chi connectivity index (χ4n) is 3.37. The zero-order valence-corrected chi connectivity index (χ0v) is 16.2. The third kappa shape index (κ3) is 3.75. The summed E-state index contributed by atoms with van der Waals surface area (Å²) in [6, 6.07) is 21.4. The molecule has 2 N–H and O–H groups in total. The van der Waals surface area contributed by atoms with Crippen LogP contribution in [-0.4, -0.2) is 0 Å². The first-order valence-corrected chi connectivity index (χ1v) is 9.44. The third-order valence-electron chi connectivity index (χ3n) is 4.93. The molecule has 0 aliphatic rings. The molecule has 3 rings (SSSR count). The summed E-state index contributed by atoms with van der Waals surface area (Å²) in [4.78, 5) is 0. The Labute approximate surface area is 157 Å². The van der Waals surface area contributed by atoms with Crippen molar-refractivity contribution in [2.75, 3.05) is 10.6 Å². The molecule has 0 atom stereocenters. The Balaban J connectivity index is 1.98. The van der Waals surface area contributed by atoms with E-state index < -0.39 is 0 Å². The molecule has 134 valence electrons. The predicted molar refractivity (Wildman–Crippen MR) is 114 cm³/mol. The first kappa shape index (κ1) is 18.1. The maximum absolute atomic E-state index is 3.68. The van der Waals surface area contributed by atoms with E-state index in [9.17, 15) is 0 Å². The van der Waals surface area contributed by atoms with Crippen LogP contribution in [0.15, 0.2) is 60.7 Å². The molecule has 26 heavy (non-hydrogen) atoms. The van der Waals surface area contributed by atoms with Gasteiger partial charge in [-0.2, -0.15) is 0 Å². The van der Waals surface area contributed by atoms with E-state index >= 15 is 0 Å². The lowest BCUT2D eigenvalue weighted by molar-refractivity contribution is 1.13. The highest BCUT2D eigenvalue weighted by Gasteiger charge is 2.10. The molecule has 2 heteroatoms. The third-order valence-corrected chi connectivity index (χ3v) is 4.93. The summed E-state index contributed by atoms with van der Waals surface area (Å²) in [5.41, 5.74) is 9.83. The monoisotopic (exact) mass is 344 g/mol. The average molecular weight is 345 g/mol. The van der Waals surface area contributed by atoms with Crippen LogP contribution in [0.25, 0.3) is 0 Å². The van der Waals surface area contributed by atoms with Crippen LogP contribution >= 0.6 is 0 Å². The predicted octanol–water partition coefficient (Wildman–Crippen LogP) is 6.92. The Morgan fingerprint density at radius 2 is 1.00 bits per heavy atom. The normalized spacial score (nSPS) is 10.6. The van der Waals surface area contributed by atoms with E-state index in [-0.39, 0.29) is 0 Å². The van der Waals surface area contributed by atoms with Gasteiger partial charge in [-0.1, -0.05) is 62.4 Å². The van der Waals surface area contributed by atoms with Crippen molar-refractivity contribution in [2.45, 2.75) is 40.5 Å². The molecule has 0 unspecified atom stereocenters. The van der Waals surface area contributed by atoms with E-state index in [0.717, 1.165) is 24.2 Å². The highest BCUT2D eigenvalue weighted by Crippen LogP contribution is 2.33. The van der Waals surface area contributed by atoms with Crippen LogP contribution in [0.3, 0.4) is 0 Å². The molecule has 0 aliphatic heterocycles. The Morgan fingerprint density at radius 3 is 1.38 bits per heavy atom. The Kier molecular flexibility index (Phi) is 5.62. The molecule has 3 aromatic rings. The van der Waals surface area contributed by atoms with Gasteiger partial charge in [-0.25, -0.2) is 0 Å². The molecular formula is C24H28N2. The maximum Gasteiger partial charge on any atom is 0.0623 e. The molecule has 2 nitrogen and oxygen atoms in total. The first-order chi connectivity index (χ1) is 12.6. The van der Waals surface area contributed by atoms with Crippen molar-refractivity contribution < 1.29 is 0 Å². The van der Waals surface area contributed by atoms with Gasteiger partial charge in [0.05, 0.1) is 11.4 Å². The molecule has 0 saturated carbocycles. The number of aryl methyl sites for hydroxylation is 4. The smallest absolute Gasteiger partial charge is 0.0623 e. The second-order valence-corrected chi connectivity index (χ2v) is 6.72. The van der Waals surface area contributed by atoms with Crippen molar-refractivity contribution >= 4 is 22.7 Å². The minimum atomic E-state index is 1.01. The highest BCUT2D eigenvalue weighted by molar-refractivity contribution is 5.81. The van der Waals surface area contributed by atoms with Crippen LogP contribution in [0, 0.1) is 13.8 Å². The topological polar surface area (TPSA) is 24.1 Å². The number of rotatable bonds is 6. The summed E-state index contributed by atoms with van der Waals surface area (Å²) in [5.74, 6) is 0. The van der Waals surface area contributed by atoms with Crippen molar-refractivity contribution in [1.82, 2.24) is 0 Å². The van der Waals surface area contributed by atoms with Gasteiger partial charge in [-0.15, -0.1) is 0 Å². The van der Waals surface area contributed by atoms with Gasteiger partial charge in [-0.05, 0) is 61.1 Å². The molecule has 0 bridgehead atoms. The van der Waals surface area contributed by atoms with Gasteiger partial charge in [0.1, 0.15) is 0 Å². The van der Waals surface area contributed by atoms with Crippen LogP contribution in [-0.2, 0) is 12.8 Å². The molecule has 0 aliphatic carbocycles. The number of para-hydroxylation sites is 4. The summed E-state index contributed by atoms with van der Waals surface area (Å²) in [6.07, 6.45) is 2.02. The Hall–Kier alpha value is -2.74. The maximum atomic E-state index is 3.68. The van der Waals surface area contributed by atoms with Crippen LogP contribution in [0.1, 0.15) is 36.1 Å². The van der Waals surface area contributed by atoms with Crippen molar-refractivity contribution in [3.63, 3.8) is 0 Å². The SMILES string of the molecule is CCc1cccc(C)c1Nc1ccccc1Nc1c(C)cccc1CC. The molecule has 3 aromatic carbocycles. The van der Waals surface area contributed by atoms with Crippen molar-refractivity contribution in [2.24, 2.45) is 0 Å². The van der Waals surface area contributed by atoms with E-state index in [1.165, 1.54) is 33.6 Å². The van der Waals surface area contributed by atoms with Gasteiger partial charge >= 0.3 is 0 Å². The number of hydrogen-bond acceptors (Lipinski definition) is 2. The number of hydrogen-bond donors (Lipinski definition) is 2. The zero-order valence-electron chi connectivity index (χ0n) is 16.2. The fraction of sp³-hybridized carbons (Fsp3) is 0.250. The summed E-state index contributed by atoms with van der Waals surface area (Å²) >= 11 is 0. The van der Waals surface area contributed by atoms with Crippen LogP contribution < -0.4 is 10.6 Å². The molecule has 0 radical (unpaired) electrons. The second-order valence-electron chi connectivity index (χ2n) is 6.72. The van der Waals surface area contributed by atoms with Crippen LogP contribution in [0.5, 0.6) is 0 Å². The van der Waals surface area contributed by atoms with Gasteiger partial charge in [0.25, 0.3) is 0 Å². The van der Waals surface area contributed by atoms with Gasteiger partial charge in [0.15, 0.2) is 0 Å². The minimum absolute atomic E-state index is 1.01. The Bertz CT molecular complexity index is 822. The van der Waals surface area contributed by atoms with Gasteiger partial charge in [0.2, 0.25) is 0 Å². The number of benzene rings is 3. The van der Waals surface area contributed by atoms with Gasteiger partial charge in [-0.3, -0.25) is 0 Å². The largest absolute Gasteiger partial charge is 0.353 e. The zero-order chi connectivity index (χ0) is 18.5. The molecular weight excluding hydrogens is 316 g/mol. The molecule has 0 aromatic heterocycles. The molecule has 0 spiro atoms. The van der Waals surface area contributed by atoms with E-state index in [1.54, 1.807) is 0 Å². The van der Waals surface area contributed by atoms with E-state index in [2.05, 4.69) is 99.0 Å². The molecule has 0 saturated heterocycles. The molecule has 0 heterocycles. The summed E-state index contributed by atoms with van der Waals surface area (Å²) < 4.78 is 0. The van der Waals surface area contributed by atoms with Gasteiger partial charge < -0.3 is 10.6 Å². The highest BCUT2D eigenvalue weighted by atomic mass is 15.0. The van der Waals surface area contributed by atoms with E-state index in [1.807, 2.05) is 0 Å². The van der Waals surface area contributed by atoms with E-state index in [0.29, 0.717) is 0 Å². The first-order valence-electron chi connectivity index (χ1n) is 9.44. The molecule has 0 fully saturated rings.